The molecule has 0 aromatic heterocycles. The van der Waals surface area contributed by atoms with Crippen LogP contribution in [-0.2, 0) is 14.4 Å². The SMILES string of the molecule is COc1ccc(C2/C(=C(/O)c3ccc(C)cc3)C(=O)C(=O)N2CCCCCC(=O)O)cc1. The van der Waals surface area contributed by atoms with Crippen LogP contribution in [0.1, 0.15) is 48.4 Å². The highest BCUT2D eigenvalue weighted by Crippen LogP contribution is 2.40. The lowest BCUT2D eigenvalue weighted by Crippen LogP contribution is -2.30. The number of amides is 1. The Morgan fingerprint density at radius 3 is 2.22 bits per heavy atom. The Balaban J connectivity index is 1.97. The summed E-state index contributed by atoms with van der Waals surface area (Å²) in [7, 11) is 1.55. The second kappa shape index (κ2) is 10.1. The van der Waals surface area contributed by atoms with Crippen molar-refractivity contribution in [2.24, 2.45) is 0 Å². The average molecular weight is 437 g/mol. The molecule has 1 saturated heterocycles. The summed E-state index contributed by atoms with van der Waals surface area (Å²) in [5, 5.41) is 19.8. The maximum absolute atomic E-state index is 13.0. The third-order valence-electron chi connectivity index (χ3n) is 5.59. The lowest BCUT2D eigenvalue weighted by atomic mass is 9.95. The van der Waals surface area contributed by atoms with Crippen LogP contribution in [0.4, 0.5) is 0 Å². The van der Waals surface area contributed by atoms with Gasteiger partial charge in [0.15, 0.2) is 0 Å². The molecule has 0 bridgehead atoms. The van der Waals surface area contributed by atoms with Crippen LogP contribution in [0, 0.1) is 6.92 Å². The summed E-state index contributed by atoms with van der Waals surface area (Å²) in [4.78, 5) is 38.1. The van der Waals surface area contributed by atoms with Gasteiger partial charge in [-0.25, -0.2) is 0 Å². The molecule has 168 valence electrons. The maximum atomic E-state index is 13.0. The molecule has 0 radical (unpaired) electrons. The number of likely N-dealkylation sites (tertiary alicyclic amines) is 1. The predicted molar refractivity (Wildman–Crippen MR) is 119 cm³/mol. The fraction of sp³-hybridized carbons (Fsp3) is 0.320. The van der Waals surface area contributed by atoms with E-state index in [-0.39, 0.29) is 24.3 Å². The third kappa shape index (κ3) is 4.99. The quantitative estimate of drug-likeness (QED) is 0.265. The Morgan fingerprint density at radius 2 is 1.62 bits per heavy atom. The van der Waals surface area contributed by atoms with Gasteiger partial charge in [-0.1, -0.05) is 48.4 Å². The molecule has 2 aromatic rings. The summed E-state index contributed by atoms with van der Waals surface area (Å²) < 4.78 is 5.21. The van der Waals surface area contributed by atoms with Crippen molar-refractivity contribution in [3.05, 3.63) is 70.8 Å². The Bertz CT molecular complexity index is 1020. The van der Waals surface area contributed by atoms with Crippen molar-refractivity contribution in [3.63, 3.8) is 0 Å². The minimum absolute atomic E-state index is 0.0505. The van der Waals surface area contributed by atoms with Gasteiger partial charge in [-0.3, -0.25) is 14.4 Å². The van der Waals surface area contributed by atoms with E-state index in [9.17, 15) is 19.5 Å². The molecule has 1 aliphatic heterocycles. The number of rotatable bonds is 9. The van der Waals surface area contributed by atoms with Gasteiger partial charge < -0.3 is 19.8 Å². The predicted octanol–water partition coefficient (Wildman–Crippen LogP) is 4.07. The Labute approximate surface area is 186 Å². The van der Waals surface area contributed by atoms with Crippen LogP contribution < -0.4 is 4.74 Å². The number of carboxylic acid groups (broad SMARTS) is 1. The molecule has 32 heavy (non-hydrogen) atoms. The molecular formula is C25H27NO6. The van der Waals surface area contributed by atoms with Crippen molar-refractivity contribution in [2.75, 3.05) is 13.7 Å². The average Bonchev–Trinajstić information content (AvgIpc) is 3.03. The zero-order chi connectivity index (χ0) is 23.3. The monoisotopic (exact) mass is 437 g/mol. The molecule has 0 saturated carbocycles. The molecule has 3 rings (SSSR count). The van der Waals surface area contributed by atoms with Gasteiger partial charge >= 0.3 is 5.97 Å². The molecule has 1 heterocycles. The summed E-state index contributed by atoms with van der Waals surface area (Å²) in [6.45, 7) is 2.20. The topological polar surface area (TPSA) is 104 Å². The van der Waals surface area contributed by atoms with Crippen LogP contribution in [0.5, 0.6) is 5.75 Å². The van der Waals surface area contributed by atoms with Gasteiger partial charge in [-0.05, 0) is 37.5 Å². The number of carboxylic acids is 1. The largest absolute Gasteiger partial charge is 0.507 e. The number of benzene rings is 2. The number of ether oxygens (including phenoxy) is 1. The molecule has 1 unspecified atom stereocenters. The van der Waals surface area contributed by atoms with Gasteiger partial charge in [-0.15, -0.1) is 0 Å². The number of Topliss-reactive ketones (excluding diaryl/α,β-unsaturated/α-hetero) is 1. The number of carbonyl (C=O) groups is 3. The number of aliphatic hydroxyl groups excluding tert-OH is 1. The molecule has 1 amide bonds. The highest BCUT2D eigenvalue weighted by Gasteiger charge is 2.45. The Kier molecular flexibility index (Phi) is 7.30. The second-order valence-corrected chi connectivity index (χ2v) is 7.84. The standard InChI is InChI=1S/C25H27NO6/c1-16-7-9-18(10-8-16)23(29)21-22(17-11-13-19(32-2)14-12-17)26(25(31)24(21)30)15-5-3-4-6-20(27)28/h7-14,22,29H,3-6,15H2,1-2H3,(H,27,28)/b23-21-. The fourth-order valence-electron chi connectivity index (χ4n) is 3.85. The number of aryl methyl sites for hydroxylation is 1. The lowest BCUT2D eigenvalue weighted by Gasteiger charge is -2.25. The molecule has 2 aromatic carbocycles. The molecule has 1 atom stereocenters. The van der Waals surface area contributed by atoms with E-state index in [0.29, 0.717) is 36.1 Å². The first-order valence-corrected chi connectivity index (χ1v) is 10.5. The third-order valence-corrected chi connectivity index (χ3v) is 5.59. The van der Waals surface area contributed by atoms with Gasteiger partial charge in [0.25, 0.3) is 11.7 Å². The van der Waals surface area contributed by atoms with Gasteiger partial charge in [-0.2, -0.15) is 0 Å². The summed E-state index contributed by atoms with van der Waals surface area (Å²) in [6, 6.07) is 13.4. The lowest BCUT2D eigenvalue weighted by molar-refractivity contribution is -0.140. The van der Waals surface area contributed by atoms with E-state index in [1.54, 1.807) is 43.5 Å². The number of ketones is 1. The normalized spacial score (nSPS) is 17.6. The van der Waals surface area contributed by atoms with E-state index < -0.39 is 23.7 Å². The number of methoxy groups -OCH3 is 1. The van der Waals surface area contributed by atoms with E-state index in [2.05, 4.69) is 0 Å². The molecular weight excluding hydrogens is 410 g/mol. The van der Waals surface area contributed by atoms with E-state index in [4.69, 9.17) is 9.84 Å². The molecule has 7 heteroatoms. The first-order chi connectivity index (χ1) is 15.3. The summed E-state index contributed by atoms with van der Waals surface area (Å²) >= 11 is 0. The van der Waals surface area contributed by atoms with Crippen molar-refractivity contribution in [1.82, 2.24) is 4.90 Å². The number of hydrogen-bond donors (Lipinski definition) is 2. The highest BCUT2D eigenvalue weighted by atomic mass is 16.5. The van der Waals surface area contributed by atoms with Crippen LogP contribution >= 0.6 is 0 Å². The molecule has 1 aliphatic rings. The van der Waals surface area contributed by atoms with Crippen LogP contribution in [0.2, 0.25) is 0 Å². The van der Waals surface area contributed by atoms with Gasteiger partial charge in [0.2, 0.25) is 0 Å². The second-order valence-electron chi connectivity index (χ2n) is 7.84. The van der Waals surface area contributed by atoms with Crippen molar-refractivity contribution in [3.8, 4) is 5.75 Å². The van der Waals surface area contributed by atoms with Crippen LogP contribution in [0.15, 0.2) is 54.1 Å². The number of unbranched alkanes of at least 4 members (excludes halogenated alkanes) is 2. The van der Waals surface area contributed by atoms with Crippen LogP contribution in [0.3, 0.4) is 0 Å². The fourth-order valence-corrected chi connectivity index (χ4v) is 3.85. The van der Waals surface area contributed by atoms with Crippen molar-refractivity contribution in [2.45, 2.75) is 38.6 Å². The summed E-state index contributed by atoms with van der Waals surface area (Å²) in [6.07, 6.45) is 1.73. The summed E-state index contributed by atoms with van der Waals surface area (Å²) in [5.41, 5.74) is 2.21. The minimum Gasteiger partial charge on any atom is -0.507 e. The zero-order valence-electron chi connectivity index (χ0n) is 18.2. The van der Waals surface area contributed by atoms with E-state index in [1.165, 1.54) is 4.90 Å². The molecule has 0 spiro atoms. The number of carbonyl (C=O) groups excluding carboxylic acids is 2. The molecule has 7 nitrogen and oxygen atoms in total. The molecule has 0 aliphatic carbocycles. The van der Waals surface area contributed by atoms with Crippen molar-refractivity contribution < 1.29 is 29.3 Å². The Morgan fingerprint density at radius 1 is 0.969 bits per heavy atom. The van der Waals surface area contributed by atoms with Crippen LogP contribution in [0.25, 0.3) is 5.76 Å². The van der Waals surface area contributed by atoms with E-state index in [1.807, 2.05) is 19.1 Å². The zero-order valence-corrected chi connectivity index (χ0v) is 18.2. The number of aliphatic hydroxyl groups is 1. The van der Waals surface area contributed by atoms with Crippen LogP contribution in [-0.4, -0.2) is 46.4 Å². The maximum Gasteiger partial charge on any atom is 0.303 e. The van der Waals surface area contributed by atoms with E-state index in [0.717, 1.165) is 5.56 Å². The van der Waals surface area contributed by atoms with Gasteiger partial charge in [0.1, 0.15) is 11.5 Å². The first-order valence-electron chi connectivity index (χ1n) is 10.5. The number of aliphatic carboxylic acids is 1. The minimum atomic E-state index is -0.859. The molecule has 2 N–H and O–H groups in total. The number of nitrogens with zero attached hydrogens (tertiary/aromatic N) is 1. The van der Waals surface area contributed by atoms with Gasteiger partial charge in [0.05, 0.1) is 18.7 Å². The first kappa shape index (κ1) is 23.1. The van der Waals surface area contributed by atoms with Crippen molar-refractivity contribution >= 4 is 23.4 Å². The smallest absolute Gasteiger partial charge is 0.303 e. The van der Waals surface area contributed by atoms with Gasteiger partial charge in [0, 0.05) is 18.5 Å². The highest BCUT2D eigenvalue weighted by molar-refractivity contribution is 6.46. The Hall–Kier alpha value is -3.61. The number of hydrogen-bond acceptors (Lipinski definition) is 5. The van der Waals surface area contributed by atoms with E-state index >= 15 is 0 Å². The summed E-state index contributed by atoms with van der Waals surface area (Å²) in [5.74, 6) is -1.83. The molecule has 1 fully saturated rings. The van der Waals surface area contributed by atoms with Crippen molar-refractivity contribution in [1.29, 1.82) is 0 Å².